The van der Waals surface area contributed by atoms with Crippen molar-refractivity contribution in [2.75, 3.05) is 6.54 Å². The zero-order valence-electron chi connectivity index (χ0n) is 16.5. The molecule has 0 spiro atoms. The van der Waals surface area contributed by atoms with Crippen molar-refractivity contribution in [3.05, 3.63) is 107 Å². The molecule has 1 saturated heterocycles. The van der Waals surface area contributed by atoms with Crippen LogP contribution >= 0.6 is 0 Å². The number of β-amino-alcohol motifs (C(OH)–C–C–N with tert-alkyl or cyclic N) is 1. The molecular weight excluding hydrogens is 402 g/mol. The molecule has 3 amide bonds. The quantitative estimate of drug-likeness (QED) is 0.596. The molecular formula is C24H20F2N2O3. The first-order chi connectivity index (χ1) is 14.9. The molecule has 4 rings (SSSR count). The summed E-state index contributed by atoms with van der Waals surface area (Å²) in [5.41, 5.74) is -0.579. The van der Waals surface area contributed by atoms with Crippen LogP contribution in [-0.2, 0) is 16.8 Å². The van der Waals surface area contributed by atoms with E-state index in [1.165, 1.54) is 6.07 Å². The molecule has 1 aliphatic rings. The first-order valence-corrected chi connectivity index (χ1v) is 9.78. The SMILES string of the molecule is O=C1NC(Cc2ccccc2)(c2ccccc2)C(=O)N1CC(O)c1c(F)cccc1F. The van der Waals surface area contributed by atoms with E-state index in [0.717, 1.165) is 22.6 Å². The number of urea groups is 1. The number of aliphatic hydroxyl groups excluding tert-OH is 1. The lowest BCUT2D eigenvalue weighted by atomic mass is 9.83. The first kappa shape index (κ1) is 20.7. The maximum atomic E-state index is 14.1. The van der Waals surface area contributed by atoms with E-state index in [0.29, 0.717) is 5.56 Å². The van der Waals surface area contributed by atoms with Crippen LogP contribution in [0.1, 0.15) is 22.8 Å². The Bertz CT molecular complexity index is 1090. The average molecular weight is 422 g/mol. The van der Waals surface area contributed by atoms with E-state index < -0.39 is 47.3 Å². The number of nitrogens with one attached hydrogen (secondary N) is 1. The number of halogens is 2. The van der Waals surface area contributed by atoms with Crippen LogP contribution in [0.25, 0.3) is 0 Å². The van der Waals surface area contributed by atoms with Gasteiger partial charge in [0.05, 0.1) is 12.1 Å². The Kier molecular flexibility index (Phi) is 5.52. The van der Waals surface area contributed by atoms with Crippen molar-refractivity contribution in [2.45, 2.75) is 18.1 Å². The topological polar surface area (TPSA) is 69.6 Å². The van der Waals surface area contributed by atoms with Gasteiger partial charge < -0.3 is 10.4 Å². The normalized spacial score (nSPS) is 19.4. The maximum Gasteiger partial charge on any atom is 0.325 e. The van der Waals surface area contributed by atoms with Crippen molar-refractivity contribution in [3.63, 3.8) is 0 Å². The van der Waals surface area contributed by atoms with Crippen molar-refractivity contribution in [3.8, 4) is 0 Å². The van der Waals surface area contributed by atoms with Crippen LogP contribution in [0.5, 0.6) is 0 Å². The monoisotopic (exact) mass is 422 g/mol. The van der Waals surface area contributed by atoms with Crippen LogP contribution in [0.2, 0.25) is 0 Å². The molecule has 2 unspecified atom stereocenters. The van der Waals surface area contributed by atoms with Crippen LogP contribution in [0.3, 0.4) is 0 Å². The van der Waals surface area contributed by atoms with Crippen molar-refractivity contribution in [2.24, 2.45) is 0 Å². The van der Waals surface area contributed by atoms with E-state index in [1.807, 2.05) is 30.3 Å². The van der Waals surface area contributed by atoms with Gasteiger partial charge >= 0.3 is 6.03 Å². The molecule has 5 nitrogen and oxygen atoms in total. The lowest BCUT2D eigenvalue weighted by Crippen LogP contribution is -2.46. The highest BCUT2D eigenvalue weighted by Gasteiger charge is 2.52. The molecule has 1 heterocycles. The van der Waals surface area contributed by atoms with Crippen LogP contribution in [0, 0.1) is 11.6 Å². The zero-order valence-corrected chi connectivity index (χ0v) is 16.5. The summed E-state index contributed by atoms with van der Waals surface area (Å²) in [6.45, 7) is -0.577. The second kappa shape index (κ2) is 8.28. The van der Waals surface area contributed by atoms with Crippen LogP contribution in [-0.4, -0.2) is 28.5 Å². The predicted molar refractivity (Wildman–Crippen MR) is 110 cm³/mol. The number of benzene rings is 3. The summed E-state index contributed by atoms with van der Waals surface area (Å²) in [6.07, 6.45) is -1.53. The van der Waals surface area contributed by atoms with Gasteiger partial charge in [-0.1, -0.05) is 66.7 Å². The van der Waals surface area contributed by atoms with Gasteiger partial charge in [-0.2, -0.15) is 0 Å². The van der Waals surface area contributed by atoms with Gasteiger partial charge in [-0.3, -0.25) is 9.69 Å². The van der Waals surface area contributed by atoms with E-state index in [1.54, 1.807) is 30.3 Å². The minimum atomic E-state index is -1.71. The lowest BCUT2D eigenvalue weighted by molar-refractivity contribution is -0.132. The number of carbonyl (C=O) groups excluding carboxylic acids is 2. The van der Waals surface area contributed by atoms with E-state index in [2.05, 4.69) is 5.32 Å². The number of nitrogens with zero attached hydrogens (tertiary/aromatic N) is 1. The van der Waals surface area contributed by atoms with Gasteiger partial charge in [-0.25, -0.2) is 13.6 Å². The predicted octanol–water partition coefficient (Wildman–Crippen LogP) is 3.69. The highest BCUT2D eigenvalue weighted by Crippen LogP contribution is 2.34. The van der Waals surface area contributed by atoms with Gasteiger partial charge in [-0.15, -0.1) is 0 Å². The van der Waals surface area contributed by atoms with Crippen molar-refractivity contribution < 1.29 is 23.5 Å². The van der Waals surface area contributed by atoms with E-state index in [4.69, 9.17) is 0 Å². The van der Waals surface area contributed by atoms with E-state index in [-0.39, 0.29) is 6.42 Å². The fourth-order valence-corrected chi connectivity index (χ4v) is 3.93. The second-order valence-electron chi connectivity index (χ2n) is 7.43. The molecule has 2 N–H and O–H groups in total. The fourth-order valence-electron chi connectivity index (χ4n) is 3.93. The Hall–Kier alpha value is -3.58. The van der Waals surface area contributed by atoms with Crippen LogP contribution < -0.4 is 5.32 Å². The number of imide groups is 1. The molecule has 0 radical (unpaired) electrons. The maximum absolute atomic E-state index is 14.1. The number of hydrogen-bond acceptors (Lipinski definition) is 3. The summed E-state index contributed by atoms with van der Waals surface area (Å²) in [4.78, 5) is 27.1. The molecule has 1 fully saturated rings. The highest BCUT2D eigenvalue weighted by molar-refractivity contribution is 6.07. The minimum Gasteiger partial charge on any atom is -0.386 e. The molecule has 3 aromatic rings. The number of rotatable bonds is 6. The van der Waals surface area contributed by atoms with Crippen molar-refractivity contribution in [1.82, 2.24) is 10.2 Å². The van der Waals surface area contributed by atoms with Crippen LogP contribution in [0.15, 0.2) is 78.9 Å². The molecule has 0 aromatic heterocycles. The standard InChI is InChI=1S/C24H20F2N2O3/c25-18-12-7-13-19(26)21(18)20(29)15-28-22(30)24(27-23(28)31,17-10-5-2-6-11-17)14-16-8-3-1-4-9-16/h1-13,20,29H,14-15H2,(H,27,31). The Morgan fingerprint density at radius 2 is 1.45 bits per heavy atom. The van der Waals surface area contributed by atoms with Gasteiger partial charge in [0.15, 0.2) is 5.54 Å². The van der Waals surface area contributed by atoms with Gasteiger partial charge in [0.25, 0.3) is 5.91 Å². The molecule has 3 aromatic carbocycles. The van der Waals surface area contributed by atoms with Gasteiger partial charge in [-0.05, 0) is 23.3 Å². The molecule has 0 saturated carbocycles. The summed E-state index contributed by atoms with van der Waals surface area (Å²) in [7, 11) is 0. The number of aliphatic hydroxyl groups is 1. The Morgan fingerprint density at radius 3 is 2.06 bits per heavy atom. The molecule has 7 heteroatoms. The number of amides is 3. The number of hydrogen-bond donors (Lipinski definition) is 2. The van der Waals surface area contributed by atoms with E-state index in [9.17, 15) is 23.5 Å². The third-order valence-corrected chi connectivity index (χ3v) is 5.44. The summed E-state index contributed by atoms with van der Waals surface area (Å²) in [6, 6.07) is 20.4. The number of carbonyl (C=O) groups is 2. The molecule has 1 aliphatic heterocycles. The third-order valence-electron chi connectivity index (χ3n) is 5.44. The fraction of sp³-hybridized carbons (Fsp3) is 0.167. The molecule has 0 aliphatic carbocycles. The summed E-state index contributed by atoms with van der Waals surface area (Å²) < 4.78 is 28.1. The molecule has 158 valence electrons. The summed E-state index contributed by atoms with van der Waals surface area (Å²) >= 11 is 0. The summed E-state index contributed by atoms with van der Waals surface area (Å²) in [5, 5.41) is 13.2. The smallest absolute Gasteiger partial charge is 0.325 e. The van der Waals surface area contributed by atoms with Crippen LogP contribution in [0.4, 0.5) is 13.6 Å². The van der Waals surface area contributed by atoms with E-state index >= 15 is 0 Å². The van der Waals surface area contributed by atoms with Crippen molar-refractivity contribution in [1.29, 1.82) is 0 Å². The Labute approximate surface area is 177 Å². The third kappa shape index (κ3) is 3.80. The Balaban J connectivity index is 1.69. The molecule has 0 bridgehead atoms. The second-order valence-corrected chi connectivity index (χ2v) is 7.43. The molecule has 2 atom stereocenters. The van der Waals surface area contributed by atoms with Gasteiger partial charge in [0.1, 0.15) is 17.7 Å². The van der Waals surface area contributed by atoms with Gasteiger partial charge in [0.2, 0.25) is 0 Å². The first-order valence-electron chi connectivity index (χ1n) is 9.78. The van der Waals surface area contributed by atoms with Crippen molar-refractivity contribution >= 4 is 11.9 Å². The highest BCUT2D eigenvalue weighted by atomic mass is 19.1. The van der Waals surface area contributed by atoms with Gasteiger partial charge in [0, 0.05) is 6.42 Å². The molecule has 31 heavy (non-hydrogen) atoms. The average Bonchev–Trinajstić information content (AvgIpc) is 3.00. The zero-order chi connectivity index (χ0) is 22.0. The summed E-state index contributed by atoms with van der Waals surface area (Å²) in [5.74, 6) is -2.49. The largest absolute Gasteiger partial charge is 0.386 e. The lowest BCUT2D eigenvalue weighted by Gasteiger charge is -2.28. The Morgan fingerprint density at radius 1 is 0.871 bits per heavy atom. The minimum absolute atomic E-state index is 0.184.